The van der Waals surface area contributed by atoms with Gasteiger partial charge in [0, 0.05) is 45.5 Å². The fraction of sp³-hybridized carbons (Fsp3) is 0.615. The average molecular weight is 682 g/mol. The fourth-order valence-electron chi connectivity index (χ4n) is 4.47. The minimum atomic E-state index is -5.08. The topological polar surface area (TPSA) is 139 Å². The van der Waals surface area contributed by atoms with Crippen molar-refractivity contribution in [3.63, 3.8) is 0 Å². The molecule has 260 valence electrons. The molecule has 3 N–H and O–H groups in total. The lowest BCUT2D eigenvalue weighted by atomic mass is 10.1. The molecule has 2 saturated heterocycles. The molecular weight excluding hydrogens is 649 g/mol. The van der Waals surface area contributed by atoms with Crippen molar-refractivity contribution in [2.75, 3.05) is 51.2 Å². The molecule has 5 rings (SSSR count). The number of halogens is 9. The molecule has 0 amide bonds. The number of fused-ring (bicyclic) bond motifs is 1. The summed E-state index contributed by atoms with van der Waals surface area (Å²) in [6, 6.07) is 7.00. The highest BCUT2D eigenvalue weighted by Gasteiger charge is 2.39. The SMILES string of the molecule is CN1CCN(CC2CC2)C(c2cn3c(N4CCCC4)cccc3n2)C1.O=C(O)C(F)(F)F.O=C(O)C(F)(F)F.O=C(O)C(F)(F)F. The summed E-state index contributed by atoms with van der Waals surface area (Å²) in [5, 5.41) is 21.4. The Kier molecular flexibility index (Phi) is 13.1. The van der Waals surface area contributed by atoms with Crippen molar-refractivity contribution in [3.8, 4) is 0 Å². The number of carboxylic acid groups (broad SMARTS) is 3. The summed E-state index contributed by atoms with van der Waals surface area (Å²) in [6.07, 6.45) is -7.49. The molecule has 0 spiro atoms. The van der Waals surface area contributed by atoms with Crippen molar-refractivity contribution < 1.29 is 69.2 Å². The first-order valence-corrected chi connectivity index (χ1v) is 13.7. The van der Waals surface area contributed by atoms with Gasteiger partial charge in [0.1, 0.15) is 11.5 Å². The van der Waals surface area contributed by atoms with Gasteiger partial charge in [-0.1, -0.05) is 6.07 Å². The molecule has 4 heterocycles. The number of anilines is 1. The Morgan fingerprint density at radius 1 is 0.804 bits per heavy atom. The number of pyridine rings is 1. The molecule has 0 aromatic carbocycles. The summed E-state index contributed by atoms with van der Waals surface area (Å²) in [4.78, 5) is 39.4. The molecule has 1 saturated carbocycles. The van der Waals surface area contributed by atoms with Crippen molar-refractivity contribution >= 4 is 29.4 Å². The van der Waals surface area contributed by atoms with E-state index in [1.165, 1.54) is 69.9 Å². The quantitative estimate of drug-likeness (QED) is 0.395. The molecule has 2 aliphatic heterocycles. The number of imidazole rings is 1. The number of hydrogen-bond donors (Lipinski definition) is 3. The monoisotopic (exact) mass is 681 g/mol. The second-order valence-corrected chi connectivity index (χ2v) is 10.6. The fourth-order valence-corrected chi connectivity index (χ4v) is 4.47. The van der Waals surface area contributed by atoms with Crippen molar-refractivity contribution in [1.29, 1.82) is 0 Å². The number of rotatable bonds is 4. The Morgan fingerprint density at radius 3 is 1.72 bits per heavy atom. The summed E-state index contributed by atoms with van der Waals surface area (Å²) >= 11 is 0. The highest BCUT2D eigenvalue weighted by atomic mass is 19.4. The largest absolute Gasteiger partial charge is 0.490 e. The van der Waals surface area contributed by atoms with Crippen LogP contribution in [0.1, 0.15) is 37.4 Å². The molecule has 1 unspecified atom stereocenters. The normalized spacial score (nSPS) is 19.3. The summed E-state index contributed by atoms with van der Waals surface area (Å²) in [5.41, 5.74) is 2.35. The third kappa shape index (κ3) is 12.2. The molecule has 0 bridgehead atoms. The minimum Gasteiger partial charge on any atom is -0.475 e. The Bertz CT molecular complexity index is 1260. The highest BCUT2D eigenvalue weighted by molar-refractivity contribution is 5.73. The van der Waals surface area contributed by atoms with E-state index < -0.39 is 36.4 Å². The Labute approximate surface area is 255 Å². The van der Waals surface area contributed by atoms with E-state index in [1.807, 2.05) is 0 Å². The number of carbonyl (C=O) groups is 3. The molecule has 11 nitrogen and oxygen atoms in total. The Morgan fingerprint density at radius 2 is 1.28 bits per heavy atom. The molecule has 3 aliphatic rings. The summed E-state index contributed by atoms with van der Waals surface area (Å²) < 4.78 is 97.5. The molecule has 46 heavy (non-hydrogen) atoms. The Hall–Kier alpha value is -3.81. The van der Waals surface area contributed by atoms with E-state index in [9.17, 15) is 39.5 Å². The number of alkyl halides is 9. The molecular formula is C26H32F9N5O6. The molecule has 1 aliphatic carbocycles. The van der Waals surface area contributed by atoms with Gasteiger partial charge in [0.2, 0.25) is 0 Å². The van der Waals surface area contributed by atoms with Crippen molar-refractivity contribution in [3.05, 3.63) is 30.1 Å². The van der Waals surface area contributed by atoms with Crippen LogP contribution in [0.2, 0.25) is 0 Å². The smallest absolute Gasteiger partial charge is 0.475 e. The minimum absolute atomic E-state index is 0.436. The first kappa shape index (κ1) is 38.4. The van der Waals surface area contributed by atoms with Gasteiger partial charge >= 0.3 is 36.4 Å². The lowest BCUT2D eigenvalue weighted by molar-refractivity contribution is -0.193. The van der Waals surface area contributed by atoms with E-state index in [1.54, 1.807) is 0 Å². The van der Waals surface area contributed by atoms with Crippen molar-refractivity contribution in [2.24, 2.45) is 5.92 Å². The van der Waals surface area contributed by atoms with Gasteiger partial charge < -0.3 is 25.1 Å². The summed E-state index contributed by atoms with van der Waals surface area (Å²) in [6.45, 7) is 7.04. The highest BCUT2D eigenvalue weighted by Crippen LogP contribution is 2.34. The second kappa shape index (κ2) is 15.7. The predicted molar refractivity (Wildman–Crippen MR) is 142 cm³/mol. The maximum atomic E-state index is 10.6. The van der Waals surface area contributed by atoms with E-state index in [0.29, 0.717) is 6.04 Å². The number of aliphatic carboxylic acids is 3. The summed E-state index contributed by atoms with van der Waals surface area (Å²) in [7, 11) is 2.24. The zero-order chi connectivity index (χ0) is 35.0. The van der Waals surface area contributed by atoms with Crippen LogP contribution in [0.5, 0.6) is 0 Å². The van der Waals surface area contributed by atoms with E-state index in [0.717, 1.165) is 18.1 Å². The van der Waals surface area contributed by atoms with Crippen LogP contribution in [0.25, 0.3) is 5.65 Å². The van der Waals surface area contributed by atoms with Crippen LogP contribution >= 0.6 is 0 Å². The second-order valence-electron chi connectivity index (χ2n) is 10.6. The zero-order valence-corrected chi connectivity index (χ0v) is 24.2. The number of carboxylic acids is 3. The van der Waals surface area contributed by atoms with Crippen LogP contribution in [0, 0.1) is 5.92 Å². The molecule has 0 radical (unpaired) electrons. The molecule has 2 aromatic heterocycles. The first-order chi connectivity index (χ1) is 21.1. The Balaban J connectivity index is 0.000000289. The van der Waals surface area contributed by atoms with Gasteiger partial charge in [-0.2, -0.15) is 39.5 Å². The number of nitrogens with zero attached hydrogens (tertiary/aromatic N) is 5. The number of aromatic nitrogens is 2. The summed E-state index contributed by atoms with van der Waals surface area (Å²) in [5.74, 6) is -6.03. The van der Waals surface area contributed by atoms with Gasteiger partial charge in [-0.3, -0.25) is 9.30 Å². The van der Waals surface area contributed by atoms with Crippen LogP contribution in [-0.4, -0.2) is 117 Å². The van der Waals surface area contributed by atoms with Gasteiger partial charge in [0.15, 0.2) is 0 Å². The lowest BCUT2D eigenvalue weighted by Crippen LogP contribution is -2.47. The number of piperazine rings is 1. The maximum Gasteiger partial charge on any atom is 0.490 e. The van der Waals surface area contributed by atoms with Gasteiger partial charge in [-0.25, -0.2) is 19.4 Å². The van der Waals surface area contributed by atoms with E-state index >= 15 is 0 Å². The van der Waals surface area contributed by atoms with E-state index in [4.69, 9.17) is 34.7 Å². The van der Waals surface area contributed by atoms with Crippen LogP contribution in [0.15, 0.2) is 24.4 Å². The van der Waals surface area contributed by atoms with E-state index in [-0.39, 0.29) is 0 Å². The number of likely N-dealkylation sites (N-methyl/N-ethyl adjacent to an activating group) is 1. The first-order valence-electron chi connectivity index (χ1n) is 13.7. The molecule has 20 heteroatoms. The van der Waals surface area contributed by atoms with Crippen molar-refractivity contribution in [1.82, 2.24) is 19.2 Å². The third-order valence-corrected chi connectivity index (χ3v) is 6.87. The van der Waals surface area contributed by atoms with Gasteiger partial charge in [0.05, 0.1) is 11.7 Å². The molecule has 2 aromatic rings. The average Bonchev–Trinajstić information content (AvgIpc) is 3.39. The molecule has 1 atom stereocenters. The van der Waals surface area contributed by atoms with Gasteiger partial charge in [0.25, 0.3) is 0 Å². The van der Waals surface area contributed by atoms with Crippen LogP contribution in [-0.2, 0) is 14.4 Å². The van der Waals surface area contributed by atoms with Crippen LogP contribution in [0.3, 0.4) is 0 Å². The lowest BCUT2D eigenvalue weighted by Gasteiger charge is -2.39. The predicted octanol–water partition coefficient (Wildman–Crippen LogP) is 4.53. The maximum absolute atomic E-state index is 10.6. The standard InChI is InChI=1S/C20H29N5.3C2HF3O2/c1-22-11-12-24(13-16-7-8-16)18(15-22)17-14-25-19(21-17)5-4-6-20(25)23-9-2-3-10-23;3*3-2(4,5)1(6)7/h4-6,14,16,18H,2-3,7-13,15H2,1H3;3*(H,6,7). The van der Waals surface area contributed by atoms with Gasteiger partial charge in [-0.05, 0) is 50.8 Å². The number of hydrogen-bond acceptors (Lipinski definition) is 7. The van der Waals surface area contributed by atoms with Gasteiger partial charge in [-0.15, -0.1) is 0 Å². The zero-order valence-electron chi connectivity index (χ0n) is 24.2. The molecule has 3 fully saturated rings. The van der Waals surface area contributed by atoms with Crippen molar-refractivity contribution in [2.45, 2.75) is 50.3 Å². The van der Waals surface area contributed by atoms with Crippen LogP contribution in [0.4, 0.5) is 45.3 Å². The van der Waals surface area contributed by atoms with Crippen LogP contribution < -0.4 is 4.90 Å². The van der Waals surface area contributed by atoms with E-state index in [2.05, 4.69) is 50.5 Å². The third-order valence-electron chi connectivity index (χ3n) is 6.87.